The van der Waals surface area contributed by atoms with Gasteiger partial charge in [0.05, 0.1) is 13.2 Å². The van der Waals surface area contributed by atoms with Crippen LogP contribution in [-0.2, 0) is 16.1 Å². The molecule has 1 aliphatic heterocycles. The second kappa shape index (κ2) is 5.92. The lowest BCUT2D eigenvalue weighted by Crippen LogP contribution is -2.20. The van der Waals surface area contributed by atoms with E-state index in [-0.39, 0.29) is 0 Å². The summed E-state index contributed by atoms with van der Waals surface area (Å²) in [5.41, 5.74) is 0.833. The monoisotopic (exact) mass is 225 g/mol. The molecule has 1 aromatic heterocycles. The quantitative estimate of drug-likeness (QED) is 0.736. The van der Waals surface area contributed by atoms with Crippen molar-refractivity contribution in [3.63, 3.8) is 0 Å². The zero-order chi connectivity index (χ0) is 11.2. The fourth-order valence-corrected chi connectivity index (χ4v) is 1.79. The third-order valence-electron chi connectivity index (χ3n) is 2.75. The molecule has 0 saturated carbocycles. The van der Waals surface area contributed by atoms with Crippen LogP contribution in [0.5, 0.6) is 0 Å². The Bertz CT molecular complexity index is 327. The van der Waals surface area contributed by atoms with Crippen molar-refractivity contribution in [3.8, 4) is 0 Å². The summed E-state index contributed by atoms with van der Waals surface area (Å²) in [6.45, 7) is 2.85. The van der Waals surface area contributed by atoms with Crippen LogP contribution in [0.25, 0.3) is 0 Å². The van der Waals surface area contributed by atoms with Gasteiger partial charge in [0.1, 0.15) is 0 Å². The summed E-state index contributed by atoms with van der Waals surface area (Å²) in [7, 11) is 0. The minimum Gasteiger partial charge on any atom is -0.381 e. The second-order valence-electron chi connectivity index (χ2n) is 4.06. The lowest BCUT2D eigenvalue weighted by atomic mass is 10.0. The highest BCUT2D eigenvalue weighted by atomic mass is 19.1. The molecule has 1 saturated heterocycles. The van der Waals surface area contributed by atoms with E-state index in [1.54, 1.807) is 6.07 Å². The van der Waals surface area contributed by atoms with Crippen molar-refractivity contribution in [3.05, 3.63) is 29.8 Å². The van der Waals surface area contributed by atoms with Crippen LogP contribution in [0.3, 0.4) is 0 Å². The summed E-state index contributed by atoms with van der Waals surface area (Å²) in [6, 6.07) is 3.18. The minimum atomic E-state index is -0.452. The first-order valence-corrected chi connectivity index (χ1v) is 5.60. The molecule has 2 rings (SSSR count). The molecule has 4 heteroatoms. The van der Waals surface area contributed by atoms with E-state index in [1.807, 2.05) is 0 Å². The number of halogens is 1. The molecule has 0 N–H and O–H groups in total. The first-order chi connectivity index (χ1) is 7.84. The Morgan fingerprint density at radius 2 is 2.25 bits per heavy atom. The van der Waals surface area contributed by atoms with E-state index >= 15 is 0 Å². The highest BCUT2D eigenvalue weighted by Gasteiger charge is 2.13. The molecule has 0 amide bonds. The van der Waals surface area contributed by atoms with E-state index < -0.39 is 5.95 Å². The van der Waals surface area contributed by atoms with E-state index in [1.165, 1.54) is 12.3 Å². The average Bonchev–Trinajstić information content (AvgIpc) is 2.30. The van der Waals surface area contributed by atoms with Gasteiger partial charge in [0.2, 0.25) is 5.95 Å². The number of ether oxygens (including phenoxy) is 2. The fourth-order valence-electron chi connectivity index (χ4n) is 1.79. The third-order valence-corrected chi connectivity index (χ3v) is 2.75. The van der Waals surface area contributed by atoms with Crippen molar-refractivity contribution in [1.82, 2.24) is 4.98 Å². The van der Waals surface area contributed by atoms with Crippen LogP contribution in [-0.4, -0.2) is 24.8 Å². The molecular formula is C12H16FNO2. The van der Waals surface area contributed by atoms with Crippen LogP contribution >= 0.6 is 0 Å². The van der Waals surface area contributed by atoms with Crippen LogP contribution in [0, 0.1) is 11.9 Å². The van der Waals surface area contributed by atoms with Gasteiger partial charge < -0.3 is 9.47 Å². The first-order valence-electron chi connectivity index (χ1n) is 5.60. The Hall–Kier alpha value is -1.00. The molecule has 0 radical (unpaired) electrons. The number of pyridine rings is 1. The lowest BCUT2D eigenvalue weighted by molar-refractivity contribution is 0.0157. The molecule has 0 aromatic carbocycles. The Balaban J connectivity index is 1.71. The third kappa shape index (κ3) is 3.54. The molecule has 88 valence electrons. The van der Waals surface area contributed by atoms with E-state index in [0.717, 1.165) is 38.2 Å². The van der Waals surface area contributed by atoms with Crippen LogP contribution in [0.4, 0.5) is 4.39 Å². The molecule has 0 bridgehead atoms. The van der Waals surface area contributed by atoms with Gasteiger partial charge in [0.25, 0.3) is 0 Å². The van der Waals surface area contributed by atoms with Gasteiger partial charge in [-0.15, -0.1) is 0 Å². The van der Waals surface area contributed by atoms with Gasteiger partial charge in [-0.25, -0.2) is 4.98 Å². The van der Waals surface area contributed by atoms with E-state index in [2.05, 4.69) is 4.98 Å². The van der Waals surface area contributed by atoms with Crippen molar-refractivity contribution >= 4 is 0 Å². The van der Waals surface area contributed by atoms with Crippen molar-refractivity contribution in [2.75, 3.05) is 19.8 Å². The molecule has 0 unspecified atom stereocenters. The molecular weight excluding hydrogens is 209 g/mol. The zero-order valence-electron chi connectivity index (χ0n) is 9.19. The van der Waals surface area contributed by atoms with Crippen molar-refractivity contribution in [2.24, 2.45) is 5.92 Å². The number of aromatic nitrogens is 1. The zero-order valence-corrected chi connectivity index (χ0v) is 9.19. The number of hydrogen-bond donors (Lipinski definition) is 0. The molecule has 2 heterocycles. The number of nitrogens with zero attached hydrogens (tertiary/aromatic N) is 1. The van der Waals surface area contributed by atoms with Gasteiger partial charge in [-0.3, -0.25) is 0 Å². The lowest BCUT2D eigenvalue weighted by Gasteiger charge is -2.21. The molecule has 0 atom stereocenters. The Labute approximate surface area is 94.6 Å². The topological polar surface area (TPSA) is 31.4 Å². The van der Waals surface area contributed by atoms with Gasteiger partial charge >= 0.3 is 0 Å². The van der Waals surface area contributed by atoms with Gasteiger partial charge in [0, 0.05) is 19.4 Å². The summed E-state index contributed by atoms with van der Waals surface area (Å²) in [4.78, 5) is 3.50. The smallest absolute Gasteiger partial charge is 0.213 e. The highest BCUT2D eigenvalue weighted by molar-refractivity contribution is 5.09. The second-order valence-corrected chi connectivity index (χ2v) is 4.06. The molecule has 1 aliphatic rings. The van der Waals surface area contributed by atoms with Crippen LogP contribution < -0.4 is 0 Å². The van der Waals surface area contributed by atoms with E-state index in [4.69, 9.17) is 9.47 Å². The summed E-state index contributed by atoms with van der Waals surface area (Å²) in [6.07, 6.45) is 3.58. The average molecular weight is 225 g/mol. The molecule has 0 spiro atoms. The maximum atomic E-state index is 12.8. The molecule has 1 fully saturated rings. The summed E-state index contributed by atoms with van der Waals surface area (Å²) >= 11 is 0. The van der Waals surface area contributed by atoms with Crippen LogP contribution in [0.2, 0.25) is 0 Å². The maximum absolute atomic E-state index is 12.8. The number of hydrogen-bond acceptors (Lipinski definition) is 3. The Morgan fingerprint density at radius 3 is 3.00 bits per heavy atom. The predicted octanol–water partition coefficient (Wildman–Crippen LogP) is 2.16. The molecule has 1 aromatic rings. The van der Waals surface area contributed by atoms with Gasteiger partial charge in [-0.2, -0.15) is 4.39 Å². The Kier molecular flexibility index (Phi) is 4.25. The maximum Gasteiger partial charge on any atom is 0.213 e. The van der Waals surface area contributed by atoms with Crippen molar-refractivity contribution in [2.45, 2.75) is 19.4 Å². The first kappa shape index (κ1) is 11.5. The fraction of sp³-hybridized carbons (Fsp3) is 0.583. The normalized spacial score (nSPS) is 17.6. The largest absolute Gasteiger partial charge is 0.381 e. The molecule has 0 aliphatic carbocycles. The Morgan fingerprint density at radius 1 is 1.44 bits per heavy atom. The van der Waals surface area contributed by atoms with Crippen LogP contribution in [0.15, 0.2) is 18.3 Å². The number of rotatable bonds is 4. The highest BCUT2D eigenvalue weighted by Crippen LogP contribution is 2.15. The van der Waals surface area contributed by atoms with Gasteiger partial charge in [-0.05, 0) is 36.5 Å². The van der Waals surface area contributed by atoms with E-state index in [0.29, 0.717) is 12.5 Å². The SMILES string of the molecule is Fc1cc(COCC2CCOCC2)ccn1. The van der Waals surface area contributed by atoms with Gasteiger partial charge in [-0.1, -0.05) is 0 Å². The summed E-state index contributed by atoms with van der Waals surface area (Å²) in [5, 5.41) is 0. The predicted molar refractivity (Wildman–Crippen MR) is 57.4 cm³/mol. The van der Waals surface area contributed by atoms with Crippen molar-refractivity contribution in [1.29, 1.82) is 0 Å². The standard InChI is InChI=1S/C12H16FNO2/c13-12-7-11(1-4-14-12)9-16-8-10-2-5-15-6-3-10/h1,4,7,10H,2-3,5-6,8-9H2. The van der Waals surface area contributed by atoms with Gasteiger partial charge in [0.15, 0.2) is 0 Å². The summed E-state index contributed by atoms with van der Waals surface area (Å²) in [5.74, 6) is 0.132. The molecule has 16 heavy (non-hydrogen) atoms. The van der Waals surface area contributed by atoms with Crippen LogP contribution in [0.1, 0.15) is 18.4 Å². The summed E-state index contributed by atoms with van der Waals surface area (Å²) < 4.78 is 23.6. The minimum absolute atomic E-state index is 0.452. The molecule has 3 nitrogen and oxygen atoms in total. The van der Waals surface area contributed by atoms with Crippen molar-refractivity contribution < 1.29 is 13.9 Å². The van der Waals surface area contributed by atoms with E-state index in [9.17, 15) is 4.39 Å².